The van der Waals surface area contributed by atoms with Crippen LogP contribution in [0.2, 0.25) is 0 Å². The van der Waals surface area contributed by atoms with Gasteiger partial charge in [0.1, 0.15) is 0 Å². The topological polar surface area (TPSA) is 29.1 Å². The Morgan fingerprint density at radius 3 is 2.60 bits per heavy atom. The van der Waals surface area contributed by atoms with Crippen LogP contribution in [0.1, 0.15) is 26.7 Å². The maximum atomic E-state index is 11.9. The summed E-state index contributed by atoms with van der Waals surface area (Å²) in [4.78, 5) is 11.9. The molecule has 0 aromatic carbocycles. The Kier molecular flexibility index (Phi) is 4.87. The largest absolute Gasteiger partial charge is 0.314 e. The molecule has 3 heteroatoms. The Hall–Kier alpha value is -0.280. The number of nitrogens with one attached hydrogen (secondary N) is 1. The van der Waals surface area contributed by atoms with E-state index in [1.165, 1.54) is 6.08 Å². The lowest BCUT2D eigenvalue weighted by atomic mass is 9.77. The van der Waals surface area contributed by atoms with Crippen LogP contribution in [0, 0.1) is 5.41 Å². The fourth-order valence-corrected chi connectivity index (χ4v) is 3.16. The van der Waals surface area contributed by atoms with Gasteiger partial charge in [-0.25, -0.2) is 0 Å². The Bertz CT molecular complexity index is 232. The van der Waals surface area contributed by atoms with Crippen LogP contribution in [-0.4, -0.2) is 29.9 Å². The molecule has 1 aliphatic rings. The van der Waals surface area contributed by atoms with Gasteiger partial charge in [0.15, 0.2) is 5.78 Å². The van der Waals surface area contributed by atoms with Gasteiger partial charge in [0.05, 0.1) is 0 Å². The molecule has 0 aromatic rings. The van der Waals surface area contributed by atoms with Crippen LogP contribution in [0.4, 0.5) is 0 Å². The normalized spacial score (nSPS) is 20.2. The molecule has 15 heavy (non-hydrogen) atoms. The third-order valence-corrected chi connectivity index (χ3v) is 3.99. The minimum Gasteiger partial charge on any atom is -0.314 e. The molecule has 0 saturated carbocycles. The van der Waals surface area contributed by atoms with Crippen LogP contribution < -0.4 is 5.32 Å². The van der Waals surface area contributed by atoms with E-state index in [1.54, 1.807) is 0 Å². The predicted octanol–water partition coefficient (Wildman–Crippen LogP) is 2.25. The van der Waals surface area contributed by atoms with E-state index in [9.17, 15) is 4.79 Å². The zero-order valence-electron chi connectivity index (χ0n) is 9.71. The van der Waals surface area contributed by atoms with Crippen LogP contribution in [0.5, 0.6) is 0 Å². The highest BCUT2D eigenvalue weighted by molar-refractivity contribution is 7.99. The molecular formula is C12H21NOS. The van der Waals surface area contributed by atoms with Crippen molar-refractivity contribution in [1.82, 2.24) is 5.32 Å². The number of ketones is 1. The summed E-state index contributed by atoms with van der Waals surface area (Å²) >= 11 is 1.95. The monoisotopic (exact) mass is 227 g/mol. The molecule has 2 nitrogen and oxygen atoms in total. The van der Waals surface area contributed by atoms with E-state index in [1.807, 2.05) is 11.8 Å². The molecule has 1 fully saturated rings. The highest BCUT2D eigenvalue weighted by Crippen LogP contribution is 2.35. The maximum Gasteiger partial charge on any atom is 0.162 e. The Balaban J connectivity index is 2.66. The minimum atomic E-state index is -0.169. The number of allylic oxidation sites excluding steroid dienone is 1. The van der Waals surface area contributed by atoms with Crippen molar-refractivity contribution in [3.05, 3.63) is 12.7 Å². The number of carbonyl (C=O) groups is 1. The first kappa shape index (κ1) is 12.8. The molecule has 1 heterocycles. The van der Waals surface area contributed by atoms with Crippen molar-refractivity contribution >= 4 is 17.5 Å². The molecule has 1 N–H and O–H groups in total. The van der Waals surface area contributed by atoms with E-state index >= 15 is 0 Å². The van der Waals surface area contributed by atoms with Gasteiger partial charge in [-0.05, 0) is 30.4 Å². The SMILES string of the molecule is C=CC(=O)C1(CNC(C)C)CCSCC1. The molecule has 0 aliphatic carbocycles. The zero-order chi connectivity index (χ0) is 11.3. The summed E-state index contributed by atoms with van der Waals surface area (Å²) in [5.74, 6) is 2.41. The van der Waals surface area contributed by atoms with Crippen molar-refractivity contribution in [3.8, 4) is 0 Å². The predicted molar refractivity (Wildman–Crippen MR) is 67.3 cm³/mol. The summed E-state index contributed by atoms with van der Waals surface area (Å²) in [6.07, 6.45) is 3.47. The molecule has 0 radical (unpaired) electrons. The van der Waals surface area contributed by atoms with Crippen molar-refractivity contribution in [2.75, 3.05) is 18.1 Å². The van der Waals surface area contributed by atoms with Crippen LogP contribution in [0.25, 0.3) is 0 Å². The van der Waals surface area contributed by atoms with Crippen LogP contribution in [0.15, 0.2) is 12.7 Å². The second-order valence-corrected chi connectivity index (χ2v) is 5.72. The van der Waals surface area contributed by atoms with Gasteiger partial charge in [-0.2, -0.15) is 11.8 Å². The van der Waals surface area contributed by atoms with Gasteiger partial charge < -0.3 is 5.32 Å². The van der Waals surface area contributed by atoms with Crippen molar-refractivity contribution in [2.24, 2.45) is 5.41 Å². The molecule has 0 unspecified atom stereocenters. The van der Waals surface area contributed by atoms with Gasteiger partial charge in [0.2, 0.25) is 0 Å². The lowest BCUT2D eigenvalue weighted by Crippen LogP contribution is -2.44. The van der Waals surface area contributed by atoms with Crippen molar-refractivity contribution in [2.45, 2.75) is 32.7 Å². The molecule has 0 atom stereocenters. The van der Waals surface area contributed by atoms with Gasteiger partial charge in [-0.3, -0.25) is 4.79 Å². The van der Waals surface area contributed by atoms with Gasteiger partial charge in [-0.15, -0.1) is 0 Å². The summed E-state index contributed by atoms with van der Waals surface area (Å²) in [6.45, 7) is 8.65. The Morgan fingerprint density at radius 2 is 2.13 bits per heavy atom. The van der Waals surface area contributed by atoms with Crippen molar-refractivity contribution in [1.29, 1.82) is 0 Å². The third kappa shape index (κ3) is 3.35. The Labute approximate surface area is 96.9 Å². The lowest BCUT2D eigenvalue weighted by molar-refractivity contribution is -0.124. The van der Waals surface area contributed by atoms with E-state index in [0.717, 1.165) is 30.9 Å². The van der Waals surface area contributed by atoms with Gasteiger partial charge >= 0.3 is 0 Å². The molecular weight excluding hydrogens is 206 g/mol. The van der Waals surface area contributed by atoms with Crippen LogP contribution in [-0.2, 0) is 4.79 Å². The highest BCUT2D eigenvalue weighted by atomic mass is 32.2. The molecule has 1 aliphatic heterocycles. The smallest absolute Gasteiger partial charge is 0.162 e. The first-order valence-corrected chi connectivity index (χ1v) is 6.74. The summed E-state index contributed by atoms with van der Waals surface area (Å²) in [6, 6.07) is 0.439. The number of hydrogen-bond donors (Lipinski definition) is 1. The fourth-order valence-electron chi connectivity index (χ4n) is 1.89. The Morgan fingerprint density at radius 1 is 1.53 bits per heavy atom. The zero-order valence-corrected chi connectivity index (χ0v) is 10.5. The molecule has 0 aromatic heterocycles. The minimum absolute atomic E-state index is 0.169. The summed E-state index contributed by atoms with van der Waals surface area (Å²) < 4.78 is 0. The summed E-state index contributed by atoms with van der Waals surface area (Å²) in [5.41, 5.74) is -0.169. The molecule has 86 valence electrons. The summed E-state index contributed by atoms with van der Waals surface area (Å²) in [7, 11) is 0. The number of carbonyl (C=O) groups excluding carboxylic acids is 1. The number of hydrogen-bond acceptors (Lipinski definition) is 3. The van der Waals surface area contributed by atoms with E-state index in [4.69, 9.17) is 0 Å². The third-order valence-electron chi connectivity index (χ3n) is 3.01. The first-order valence-electron chi connectivity index (χ1n) is 5.59. The van der Waals surface area contributed by atoms with Crippen LogP contribution >= 0.6 is 11.8 Å². The second-order valence-electron chi connectivity index (χ2n) is 4.50. The average Bonchev–Trinajstić information content (AvgIpc) is 2.26. The molecule has 0 spiro atoms. The maximum absolute atomic E-state index is 11.9. The molecule has 0 amide bonds. The second kappa shape index (κ2) is 5.71. The van der Waals surface area contributed by atoms with Crippen molar-refractivity contribution in [3.63, 3.8) is 0 Å². The lowest BCUT2D eigenvalue weighted by Gasteiger charge is -2.35. The first-order chi connectivity index (χ1) is 7.10. The van der Waals surface area contributed by atoms with Gasteiger partial charge in [-0.1, -0.05) is 20.4 Å². The fraction of sp³-hybridized carbons (Fsp3) is 0.750. The molecule has 1 saturated heterocycles. The summed E-state index contributed by atoms with van der Waals surface area (Å²) in [5, 5.41) is 3.39. The van der Waals surface area contributed by atoms with E-state index < -0.39 is 0 Å². The molecule has 1 rings (SSSR count). The average molecular weight is 227 g/mol. The number of thioether (sulfide) groups is 1. The highest BCUT2D eigenvalue weighted by Gasteiger charge is 2.37. The van der Waals surface area contributed by atoms with Crippen LogP contribution in [0.3, 0.4) is 0 Å². The quantitative estimate of drug-likeness (QED) is 0.730. The van der Waals surface area contributed by atoms with Crippen molar-refractivity contribution < 1.29 is 4.79 Å². The van der Waals surface area contributed by atoms with E-state index in [0.29, 0.717) is 6.04 Å². The number of rotatable bonds is 5. The van der Waals surface area contributed by atoms with Gasteiger partial charge in [0.25, 0.3) is 0 Å². The van der Waals surface area contributed by atoms with Gasteiger partial charge in [0, 0.05) is 18.0 Å². The van der Waals surface area contributed by atoms with E-state index in [2.05, 4.69) is 25.7 Å². The standard InChI is InChI=1S/C12H21NOS/c1-4-11(14)12(9-13-10(2)3)5-7-15-8-6-12/h4,10,13H,1,5-9H2,2-3H3. The molecule has 0 bridgehead atoms. The van der Waals surface area contributed by atoms with E-state index in [-0.39, 0.29) is 11.2 Å².